The fourth-order valence-corrected chi connectivity index (χ4v) is 2.22. The Morgan fingerprint density at radius 1 is 0.923 bits per heavy atom. The Balaban J connectivity index is 1.56. The summed E-state index contributed by atoms with van der Waals surface area (Å²) in [5, 5.41) is 10.9. The van der Waals surface area contributed by atoms with Crippen molar-refractivity contribution in [2.45, 2.75) is 13.2 Å². The average molecular weight is 354 g/mol. The normalized spacial score (nSPS) is 10.3. The molecule has 3 rings (SSSR count). The molecule has 0 radical (unpaired) electrons. The molecule has 0 aliphatic heterocycles. The Bertz CT molecular complexity index is 883. The van der Waals surface area contributed by atoms with Crippen LogP contribution in [0.4, 0.5) is 10.2 Å². The number of rotatable bonds is 7. The maximum atomic E-state index is 12.9. The zero-order valence-corrected chi connectivity index (χ0v) is 13.7. The summed E-state index contributed by atoms with van der Waals surface area (Å²) in [6, 6.07) is 16.4. The molecule has 1 heterocycles. The first-order chi connectivity index (χ1) is 12.6. The topological polar surface area (TPSA) is 74.5 Å². The smallest absolute Gasteiger partial charge is 0.406 e. The molecule has 0 saturated heterocycles. The standard InChI is InChI=1S/C19H15FN2O4/c20-16-7-3-14(4-8-16)12-25-17-9-5-15(6-10-17)13-26-18-2-1-11-21-19(18)22(23)24/h1-11H,12-13H2. The van der Waals surface area contributed by atoms with Gasteiger partial charge in [0, 0.05) is 0 Å². The molecule has 0 unspecified atom stereocenters. The van der Waals surface area contributed by atoms with E-state index in [0.29, 0.717) is 12.4 Å². The summed E-state index contributed by atoms with van der Waals surface area (Å²) in [5.74, 6) is 0.179. The van der Waals surface area contributed by atoms with Gasteiger partial charge in [0.05, 0.1) is 0 Å². The van der Waals surface area contributed by atoms with Crippen molar-refractivity contribution in [3.05, 3.63) is 93.9 Å². The van der Waals surface area contributed by atoms with Gasteiger partial charge in [-0.25, -0.2) is 4.39 Å². The van der Waals surface area contributed by atoms with E-state index >= 15 is 0 Å². The van der Waals surface area contributed by atoms with Gasteiger partial charge in [-0.3, -0.25) is 0 Å². The zero-order chi connectivity index (χ0) is 18.4. The van der Waals surface area contributed by atoms with Crippen LogP contribution in [0.3, 0.4) is 0 Å². The van der Waals surface area contributed by atoms with Crippen LogP contribution >= 0.6 is 0 Å². The summed E-state index contributed by atoms with van der Waals surface area (Å²) >= 11 is 0. The summed E-state index contributed by atoms with van der Waals surface area (Å²) < 4.78 is 24.0. The molecule has 1 aromatic heterocycles. The number of ether oxygens (including phenoxy) is 2. The van der Waals surface area contributed by atoms with E-state index in [0.717, 1.165) is 11.1 Å². The second-order valence-electron chi connectivity index (χ2n) is 5.43. The van der Waals surface area contributed by atoms with Crippen LogP contribution in [0.5, 0.6) is 11.5 Å². The highest BCUT2D eigenvalue weighted by molar-refractivity contribution is 5.38. The number of hydrogen-bond acceptors (Lipinski definition) is 5. The van der Waals surface area contributed by atoms with Crippen LogP contribution in [0.1, 0.15) is 11.1 Å². The zero-order valence-electron chi connectivity index (χ0n) is 13.7. The molecule has 7 heteroatoms. The Hall–Kier alpha value is -3.48. The lowest BCUT2D eigenvalue weighted by Crippen LogP contribution is -2.01. The molecule has 0 spiro atoms. The van der Waals surface area contributed by atoms with Gasteiger partial charge in [0.2, 0.25) is 5.75 Å². The Kier molecular flexibility index (Phi) is 5.38. The third-order valence-electron chi connectivity index (χ3n) is 3.56. The first-order valence-electron chi connectivity index (χ1n) is 7.80. The third-order valence-corrected chi connectivity index (χ3v) is 3.56. The van der Waals surface area contributed by atoms with Gasteiger partial charge in [-0.05, 0) is 57.4 Å². The van der Waals surface area contributed by atoms with Crippen molar-refractivity contribution in [3.8, 4) is 11.5 Å². The summed E-state index contributed by atoms with van der Waals surface area (Å²) in [6.07, 6.45) is 1.35. The van der Waals surface area contributed by atoms with Gasteiger partial charge in [-0.1, -0.05) is 24.3 Å². The molecule has 0 aliphatic rings. The maximum Gasteiger partial charge on any atom is 0.406 e. The Morgan fingerprint density at radius 2 is 1.54 bits per heavy atom. The lowest BCUT2D eigenvalue weighted by molar-refractivity contribution is -0.390. The minimum Gasteiger partial charge on any atom is -0.489 e. The molecule has 0 atom stereocenters. The molecule has 26 heavy (non-hydrogen) atoms. The summed E-state index contributed by atoms with van der Waals surface area (Å²) in [7, 11) is 0. The monoisotopic (exact) mass is 354 g/mol. The molecule has 0 aliphatic carbocycles. The van der Waals surface area contributed by atoms with Gasteiger partial charge in [0.1, 0.15) is 31.0 Å². The fourth-order valence-electron chi connectivity index (χ4n) is 2.22. The molecule has 3 aromatic rings. The molecule has 6 nitrogen and oxygen atoms in total. The van der Waals surface area contributed by atoms with E-state index < -0.39 is 4.92 Å². The summed E-state index contributed by atoms with van der Waals surface area (Å²) in [4.78, 5) is 14.0. The largest absolute Gasteiger partial charge is 0.489 e. The fraction of sp³-hybridized carbons (Fsp3) is 0.105. The lowest BCUT2D eigenvalue weighted by atomic mass is 10.2. The highest BCUT2D eigenvalue weighted by Crippen LogP contribution is 2.24. The van der Waals surface area contributed by atoms with Crippen molar-refractivity contribution < 1.29 is 18.8 Å². The number of nitro groups is 1. The second-order valence-corrected chi connectivity index (χ2v) is 5.43. The van der Waals surface area contributed by atoms with Crippen LogP contribution in [-0.2, 0) is 13.2 Å². The van der Waals surface area contributed by atoms with Crippen molar-refractivity contribution in [3.63, 3.8) is 0 Å². The maximum absolute atomic E-state index is 12.9. The van der Waals surface area contributed by atoms with E-state index in [1.54, 1.807) is 30.3 Å². The van der Waals surface area contributed by atoms with E-state index in [1.807, 2.05) is 12.1 Å². The number of nitrogens with zero attached hydrogens (tertiary/aromatic N) is 2. The van der Waals surface area contributed by atoms with Crippen molar-refractivity contribution in [2.24, 2.45) is 0 Å². The van der Waals surface area contributed by atoms with Gasteiger partial charge >= 0.3 is 5.82 Å². The van der Waals surface area contributed by atoms with Crippen molar-refractivity contribution in [1.29, 1.82) is 0 Å². The number of benzene rings is 2. The average Bonchev–Trinajstić information content (AvgIpc) is 2.67. The van der Waals surface area contributed by atoms with Crippen LogP contribution in [0.2, 0.25) is 0 Å². The first kappa shape index (κ1) is 17.3. The van der Waals surface area contributed by atoms with Gasteiger partial charge in [-0.2, -0.15) is 0 Å². The highest BCUT2D eigenvalue weighted by Gasteiger charge is 2.15. The van der Waals surface area contributed by atoms with E-state index in [1.165, 1.54) is 24.4 Å². The predicted octanol–water partition coefficient (Wildman–Crippen LogP) is 4.29. The van der Waals surface area contributed by atoms with E-state index in [2.05, 4.69) is 4.98 Å². The van der Waals surface area contributed by atoms with Crippen molar-refractivity contribution >= 4 is 5.82 Å². The summed E-state index contributed by atoms with van der Waals surface area (Å²) in [5.41, 5.74) is 1.69. The third kappa shape index (κ3) is 4.54. The van der Waals surface area contributed by atoms with Crippen LogP contribution < -0.4 is 9.47 Å². The van der Waals surface area contributed by atoms with Gasteiger partial charge in [-0.15, -0.1) is 0 Å². The molecular weight excluding hydrogens is 339 g/mol. The van der Waals surface area contributed by atoms with E-state index in [-0.39, 0.29) is 24.0 Å². The first-order valence-corrected chi connectivity index (χ1v) is 7.80. The van der Waals surface area contributed by atoms with E-state index in [4.69, 9.17) is 9.47 Å². The van der Waals surface area contributed by atoms with E-state index in [9.17, 15) is 14.5 Å². The van der Waals surface area contributed by atoms with Crippen LogP contribution in [0, 0.1) is 15.9 Å². The predicted molar refractivity (Wildman–Crippen MR) is 92.4 cm³/mol. The molecular formula is C19H15FN2O4. The SMILES string of the molecule is O=[N+]([O-])c1ncccc1OCc1ccc(OCc2ccc(F)cc2)cc1. The second kappa shape index (κ2) is 8.06. The molecule has 0 fully saturated rings. The van der Waals surface area contributed by atoms with Gasteiger partial charge in [0.25, 0.3) is 0 Å². The van der Waals surface area contributed by atoms with Crippen LogP contribution in [0.25, 0.3) is 0 Å². The minimum atomic E-state index is -0.582. The minimum absolute atomic E-state index is 0.120. The lowest BCUT2D eigenvalue weighted by Gasteiger charge is -2.09. The number of halogens is 1. The molecule has 2 aromatic carbocycles. The van der Waals surface area contributed by atoms with Crippen molar-refractivity contribution in [1.82, 2.24) is 4.98 Å². The molecule has 0 N–H and O–H groups in total. The molecule has 0 amide bonds. The number of aromatic nitrogens is 1. The summed E-state index contributed by atoms with van der Waals surface area (Å²) in [6.45, 7) is 0.503. The van der Waals surface area contributed by atoms with Gasteiger partial charge < -0.3 is 19.6 Å². The molecule has 0 saturated carbocycles. The van der Waals surface area contributed by atoms with Crippen LogP contribution in [0.15, 0.2) is 66.9 Å². The van der Waals surface area contributed by atoms with Crippen LogP contribution in [-0.4, -0.2) is 9.91 Å². The Morgan fingerprint density at radius 3 is 2.19 bits per heavy atom. The number of hydrogen-bond donors (Lipinski definition) is 0. The highest BCUT2D eigenvalue weighted by atomic mass is 19.1. The molecule has 0 bridgehead atoms. The molecule has 132 valence electrons. The van der Waals surface area contributed by atoms with Gasteiger partial charge in [0.15, 0.2) is 0 Å². The van der Waals surface area contributed by atoms with Crippen molar-refractivity contribution in [2.75, 3.05) is 0 Å². The number of pyridine rings is 1. The Labute approximate surface area is 149 Å². The quantitative estimate of drug-likeness (QED) is 0.467.